The number of rotatable bonds is 1. The summed E-state index contributed by atoms with van der Waals surface area (Å²) in [4.78, 5) is 0. The molecule has 2 atom stereocenters. The van der Waals surface area contributed by atoms with Gasteiger partial charge in [-0.3, -0.25) is 0 Å². The number of nitrogens with two attached hydrogens (primary N) is 2. The molecular weight excluding hydrogens is 409 g/mol. The summed E-state index contributed by atoms with van der Waals surface area (Å²) < 4.78 is 0. The van der Waals surface area contributed by atoms with Crippen LogP contribution >= 0.6 is 27.0 Å². The summed E-state index contributed by atoms with van der Waals surface area (Å²) in [5.74, 6) is 0.531. The number of hydrogen-bond acceptors (Lipinski definition) is 2. The average Bonchev–Trinajstić information content (AvgIpc) is 2.11. The normalized spacial score (nSPS) is 23.1. The van der Waals surface area contributed by atoms with Gasteiger partial charge in [0.15, 0.2) is 0 Å². The first-order chi connectivity index (χ1) is 5.72. The van der Waals surface area contributed by atoms with E-state index in [0.717, 1.165) is 6.42 Å². The van der Waals surface area contributed by atoms with Crippen molar-refractivity contribution in [2.45, 2.75) is 38.1 Å². The van der Waals surface area contributed by atoms with Crippen LogP contribution in [-0.4, -0.2) is 12.6 Å². The summed E-state index contributed by atoms with van der Waals surface area (Å²) in [6.07, 6.45) is 5.92. The van der Waals surface area contributed by atoms with Gasteiger partial charge in [0, 0.05) is 35.0 Å². The first-order valence-corrected chi connectivity index (χ1v) is 4.80. The van der Waals surface area contributed by atoms with Gasteiger partial charge >= 0.3 is 0 Å². The molecule has 0 unspecified atom stereocenters. The van der Waals surface area contributed by atoms with Gasteiger partial charge in [-0.05, 0) is 19.3 Å². The number of hydrogen-bond donors (Lipinski definition) is 2. The molecule has 0 spiro atoms. The van der Waals surface area contributed by atoms with E-state index in [1.807, 2.05) is 0 Å². The Morgan fingerprint density at radius 1 is 1.13 bits per heavy atom. The van der Waals surface area contributed by atoms with Crippen LogP contribution in [0.5, 0.6) is 0 Å². The average molecular weight is 435 g/mol. The molecule has 1 radical (unpaired) electrons. The Hall–Kier alpha value is 1.10. The molecular formula is C10H26AuN2S2+2. The predicted octanol–water partition coefficient (Wildman–Crippen LogP) is 1.73. The minimum absolute atomic E-state index is 0. The molecule has 97 valence electrons. The Morgan fingerprint density at radius 3 is 1.73 bits per heavy atom. The molecule has 0 bridgehead atoms. The molecule has 5 heteroatoms. The standard InChI is InChI=1S/C7H14N.C3H8N.Au.2H2S/c1-6-4-2-3-5-7(6)8;1-2-3-4;;;/h6-7H,1-5,8H2;1-4H2;;2*1H2/q2*+1;;;/t6-,7-;;;;/m0..../s1. The summed E-state index contributed by atoms with van der Waals surface area (Å²) in [6, 6.07) is 0.392. The van der Waals surface area contributed by atoms with Crippen molar-refractivity contribution in [1.29, 1.82) is 0 Å². The molecule has 1 saturated carbocycles. The first-order valence-electron chi connectivity index (χ1n) is 4.80. The van der Waals surface area contributed by atoms with Gasteiger partial charge < -0.3 is 11.5 Å². The predicted molar refractivity (Wildman–Crippen MR) is 75.1 cm³/mol. The second-order valence-corrected chi connectivity index (χ2v) is 3.35. The second-order valence-electron chi connectivity index (χ2n) is 3.35. The zero-order valence-corrected chi connectivity index (χ0v) is 13.4. The third-order valence-electron chi connectivity index (χ3n) is 2.17. The van der Waals surface area contributed by atoms with E-state index in [1.165, 1.54) is 25.7 Å². The molecule has 2 nitrogen and oxygen atoms in total. The largest absolute Gasteiger partial charge is 0.327 e. The van der Waals surface area contributed by atoms with Crippen molar-refractivity contribution < 1.29 is 22.4 Å². The van der Waals surface area contributed by atoms with Crippen LogP contribution < -0.4 is 11.5 Å². The molecule has 0 saturated heterocycles. The Labute approximate surface area is 125 Å². The van der Waals surface area contributed by atoms with Crippen molar-refractivity contribution >= 4 is 27.0 Å². The molecule has 0 aromatic carbocycles. The molecule has 4 N–H and O–H groups in total. The molecule has 0 aromatic rings. The van der Waals surface area contributed by atoms with Crippen LogP contribution in [0, 0.1) is 19.8 Å². The summed E-state index contributed by atoms with van der Waals surface area (Å²) in [6.45, 7) is 8.14. The molecule has 15 heavy (non-hydrogen) atoms. The van der Waals surface area contributed by atoms with E-state index in [0.29, 0.717) is 18.5 Å². The SMILES string of the molecule is S.S.[Au].[CH2+]CCN.[CH2+][C@H]1CCCC[C@@H]1N. The quantitative estimate of drug-likeness (QED) is 0.487. The fraction of sp³-hybridized carbons (Fsp3) is 0.800. The van der Waals surface area contributed by atoms with E-state index < -0.39 is 0 Å². The maximum atomic E-state index is 5.72. The summed E-state index contributed by atoms with van der Waals surface area (Å²) in [5.41, 5.74) is 10.7. The van der Waals surface area contributed by atoms with Crippen LogP contribution in [-0.2, 0) is 22.4 Å². The molecule has 1 fully saturated rings. The third kappa shape index (κ3) is 15.1. The van der Waals surface area contributed by atoms with Gasteiger partial charge in [-0.25, -0.2) is 0 Å². The molecule has 0 aliphatic heterocycles. The van der Waals surface area contributed by atoms with Gasteiger partial charge in [0.25, 0.3) is 0 Å². The van der Waals surface area contributed by atoms with Crippen LogP contribution in [0.2, 0.25) is 0 Å². The second kappa shape index (κ2) is 17.5. The topological polar surface area (TPSA) is 52.0 Å². The van der Waals surface area contributed by atoms with Crippen molar-refractivity contribution in [2.24, 2.45) is 17.4 Å². The van der Waals surface area contributed by atoms with Gasteiger partial charge in [0.1, 0.15) is 5.92 Å². The van der Waals surface area contributed by atoms with E-state index in [4.69, 9.17) is 11.5 Å². The molecule has 0 amide bonds. The first kappa shape index (κ1) is 25.1. The van der Waals surface area contributed by atoms with Crippen molar-refractivity contribution in [3.8, 4) is 0 Å². The van der Waals surface area contributed by atoms with Gasteiger partial charge in [-0.2, -0.15) is 27.0 Å². The maximum absolute atomic E-state index is 5.72. The van der Waals surface area contributed by atoms with Crippen LogP contribution in [0.3, 0.4) is 0 Å². The van der Waals surface area contributed by atoms with Gasteiger partial charge in [0.2, 0.25) is 0 Å². The molecule has 0 heterocycles. The molecule has 1 rings (SSSR count). The minimum Gasteiger partial charge on any atom is -0.327 e. The minimum atomic E-state index is 0. The van der Waals surface area contributed by atoms with Crippen molar-refractivity contribution in [2.75, 3.05) is 6.54 Å². The van der Waals surface area contributed by atoms with E-state index >= 15 is 0 Å². The zero-order chi connectivity index (χ0) is 9.40. The monoisotopic (exact) mass is 435 g/mol. The van der Waals surface area contributed by atoms with E-state index in [9.17, 15) is 0 Å². The Kier molecular flexibility index (Phi) is 29.2. The fourth-order valence-electron chi connectivity index (χ4n) is 1.24. The van der Waals surface area contributed by atoms with Crippen LogP contribution in [0.1, 0.15) is 32.1 Å². The Bertz CT molecular complexity index is 95.4. The maximum Gasteiger partial charge on any atom is 0.110 e. The zero-order valence-electron chi connectivity index (χ0n) is 9.27. The van der Waals surface area contributed by atoms with Crippen LogP contribution in [0.25, 0.3) is 0 Å². The van der Waals surface area contributed by atoms with E-state index in [1.54, 1.807) is 0 Å². The Balaban J connectivity index is -0.0000000779. The van der Waals surface area contributed by atoms with Crippen LogP contribution in [0.4, 0.5) is 0 Å². The summed E-state index contributed by atoms with van der Waals surface area (Å²) in [7, 11) is 0. The smallest absolute Gasteiger partial charge is 0.110 e. The van der Waals surface area contributed by atoms with Crippen molar-refractivity contribution in [3.63, 3.8) is 0 Å². The van der Waals surface area contributed by atoms with Gasteiger partial charge in [-0.1, -0.05) is 6.42 Å². The Morgan fingerprint density at radius 2 is 1.53 bits per heavy atom. The van der Waals surface area contributed by atoms with E-state index in [2.05, 4.69) is 13.8 Å². The van der Waals surface area contributed by atoms with Gasteiger partial charge in [0.05, 0.1) is 20.3 Å². The summed E-state index contributed by atoms with van der Waals surface area (Å²) >= 11 is 0. The van der Waals surface area contributed by atoms with E-state index in [-0.39, 0.29) is 49.4 Å². The van der Waals surface area contributed by atoms with Crippen molar-refractivity contribution in [3.05, 3.63) is 13.8 Å². The fourth-order valence-corrected chi connectivity index (χ4v) is 1.24. The van der Waals surface area contributed by atoms with Crippen molar-refractivity contribution in [1.82, 2.24) is 0 Å². The summed E-state index contributed by atoms with van der Waals surface area (Å²) in [5, 5.41) is 0. The molecule has 1 aliphatic carbocycles. The van der Waals surface area contributed by atoms with Gasteiger partial charge in [-0.15, -0.1) is 0 Å². The third-order valence-corrected chi connectivity index (χ3v) is 2.17. The molecule has 1 aliphatic rings. The molecule has 0 aromatic heterocycles. The van der Waals surface area contributed by atoms with Crippen LogP contribution in [0.15, 0.2) is 0 Å².